The Balaban J connectivity index is 2.01. The number of imide groups is 2. The maximum Gasteiger partial charge on any atom is 0.332 e. The highest BCUT2D eigenvalue weighted by molar-refractivity contribution is 6.16. The van der Waals surface area contributed by atoms with E-state index in [1.54, 1.807) is 54.6 Å². The topological polar surface area (TPSA) is 84.0 Å². The first-order valence-corrected chi connectivity index (χ1v) is 9.16. The molecule has 2 aromatic rings. The van der Waals surface area contributed by atoms with Crippen molar-refractivity contribution in [3.8, 4) is 5.75 Å². The van der Waals surface area contributed by atoms with Gasteiger partial charge in [-0.3, -0.25) is 24.2 Å². The summed E-state index contributed by atoms with van der Waals surface area (Å²) in [5.41, 5.74) is 1.15. The van der Waals surface area contributed by atoms with Crippen LogP contribution in [0.4, 0.5) is 4.79 Å². The Labute approximate surface area is 168 Å². The molecule has 1 unspecified atom stereocenters. The number of nitrogens with zero attached hydrogens (tertiary/aromatic N) is 2. The van der Waals surface area contributed by atoms with Gasteiger partial charge in [-0.25, -0.2) is 4.79 Å². The Morgan fingerprint density at radius 3 is 2.00 bits per heavy atom. The minimum atomic E-state index is -1.16. The molecular formula is C22H22N2O5. The molecule has 0 spiro atoms. The maximum absolute atomic E-state index is 12.9. The van der Waals surface area contributed by atoms with Crippen LogP contribution in [0, 0.1) is 5.92 Å². The van der Waals surface area contributed by atoms with Crippen LogP contribution in [0.2, 0.25) is 0 Å². The molecule has 1 atom stereocenters. The van der Waals surface area contributed by atoms with Crippen molar-refractivity contribution in [2.75, 3.05) is 21.2 Å². The number of amides is 4. The number of urea groups is 1. The number of carbonyl (C=O) groups excluding carboxylic acids is 4. The van der Waals surface area contributed by atoms with Gasteiger partial charge in [-0.2, -0.15) is 0 Å². The second-order valence-electron chi connectivity index (χ2n) is 6.93. The zero-order valence-electron chi connectivity index (χ0n) is 16.5. The van der Waals surface area contributed by atoms with Gasteiger partial charge in [0.15, 0.2) is 5.78 Å². The molecule has 1 fully saturated rings. The van der Waals surface area contributed by atoms with Gasteiger partial charge in [-0.05, 0) is 17.7 Å². The van der Waals surface area contributed by atoms with E-state index < -0.39 is 29.7 Å². The SMILES string of the molecule is COc1ccc(C(CC(=O)c2ccccc2)C2C(=O)N(C)C(=O)N(C)C2=O)cc1. The summed E-state index contributed by atoms with van der Waals surface area (Å²) >= 11 is 0. The van der Waals surface area contributed by atoms with Crippen LogP contribution >= 0.6 is 0 Å². The summed E-state index contributed by atoms with van der Waals surface area (Å²) in [5.74, 6) is -2.67. The summed E-state index contributed by atoms with van der Waals surface area (Å²) < 4.78 is 5.17. The van der Waals surface area contributed by atoms with E-state index >= 15 is 0 Å². The van der Waals surface area contributed by atoms with E-state index in [0.29, 0.717) is 16.9 Å². The van der Waals surface area contributed by atoms with Crippen molar-refractivity contribution in [1.29, 1.82) is 0 Å². The highest BCUT2D eigenvalue weighted by Gasteiger charge is 2.47. The summed E-state index contributed by atoms with van der Waals surface area (Å²) in [5, 5.41) is 0. The van der Waals surface area contributed by atoms with Crippen LogP contribution < -0.4 is 4.74 Å². The molecule has 1 saturated heterocycles. The van der Waals surface area contributed by atoms with Crippen LogP contribution in [-0.2, 0) is 9.59 Å². The molecule has 0 bridgehead atoms. The van der Waals surface area contributed by atoms with Gasteiger partial charge in [0.05, 0.1) is 7.11 Å². The zero-order valence-corrected chi connectivity index (χ0v) is 16.5. The minimum absolute atomic E-state index is 0.0473. The lowest BCUT2D eigenvalue weighted by atomic mass is 9.79. The van der Waals surface area contributed by atoms with Gasteiger partial charge in [0.1, 0.15) is 11.7 Å². The molecule has 7 heteroatoms. The predicted octanol–water partition coefficient (Wildman–Crippen LogP) is 2.72. The third-order valence-electron chi connectivity index (χ3n) is 5.21. The second kappa shape index (κ2) is 8.26. The van der Waals surface area contributed by atoms with Crippen molar-refractivity contribution < 1.29 is 23.9 Å². The number of carbonyl (C=O) groups is 4. The van der Waals surface area contributed by atoms with Gasteiger partial charge in [0.25, 0.3) is 0 Å². The van der Waals surface area contributed by atoms with Crippen LogP contribution in [0.3, 0.4) is 0 Å². The number of ether oxygens (including phenoxy) is 1. The van der Waals surface area contributed by atoms with E-state index in [1.165, 1.54) is 21.2 Å². The monoisotopic (exact) mass is 394 g/mol. The largest absolute Gasteiger partial charge is 0.497 e. The average Bonchev–Trinajstić information content (AvgIpc) is 2.76. The lowest BCUT2D eigenvalue weighted by Gasteiger charge is -2.36. The Hall–Kier alpha value is -3.48. The van der Waals surface area contributed by atoms with Crippen molar-refractivity contribution in [2.45, 2.75) is 12.3 Å². The van der Waals surface area contributed by atoms with Crippen LogP contribution in [0.15, 0.2) is 54.6 Å². The molecule has 0 aromatic heterocycles. The third kappa shape index (κ3) is 3.89. The van der Waals surface area contributed by atoms with Gasteiger partial charge in [0.2, 0.25) is 11.8 Å². The van der Waals surface area contributed by atoms with E-state index in [2.05, 4.69) is 0 Å². The van der Waals surface area contributed by atoms with Crippen LogP contribution in [0.25, 0.3) is 0 Å². The fourth-order valence-corrected chi connectivity index (χ4v) is 3.50. The quantitative estimate of drug-likeness (QED) is 0.556. The van der Waals surface area contributed by atoms with Gasteiger partial charge in [-0.15, -0.1) is 0 Å². The minimum Gasteiger partial charge on any atom is -0.497 e. The molecule has 0 radical (unpaired) electrons. The number of hydrogen-bond donors (Lipinski definition) is 0. The fourth-order valence-electron chi connectivity index (χ4n) is 3.50. The lowest BCUT2D eigenvalue weighted by molar-refractivity contribution is -0.148. The summed E-state index contributed by atoms with van der Waals surface area (Å²) in [6.45, 7) is 0. The molecule has 150 valence electrons. The fraction of sp³-hybridized carbons (Fsp3) is 0.273. The number of barbiturate groups is 1. The molecular weight excluding hydrogens is 372 g/mol. The molecule has 7 nitrogen and oxygen atoms in total. The van der Waals surface area contributed by atoms with Gasteiger partial charge < -0.3 is 4.74 Å². The van der Waals surface area contributed by atoms with E-state index in [0.717, 1.165) is 9.80 Å². The highest BCUT2D eigenvalue weighted by Crippen LogP contribution is 2.35. The van der Waals surface area contributed by atoms with Crippen molar-refractivity contribution in [3.63, 3.8) is 0 Å². The van der Waals surface area contributed by atoms with Crippen molar-refractivity contribution >= 4 is 23.6 Å². The first kappa shape index (κ1) is 20.3. The molecule has 4 amide bonds. The van der Waals surface area contributed by atoms with E-state index in [4.69, 9.17) is 4.74 Å². The average molecular weight is 394 g/mol. The third-order valence-corrected chi connectivity index (χ3v) is 5.21. The van der Waals surface area contributed by atoms with Crippen LogP contribution in [-0.4, -0.2) is 54.6 Å². The normalized spacial score (nSPS) is 16.2. The van der Waals surface area contributed by atoms with E-state index in [1.807, 2.05) is 0 Å². The summed E-state index contributed by atoms with van der Waals surface area (Å²) in [6, 6.07) is 14.9. The molecule has 3 rings (SSSR count). The molecule has 0 aliphatic carbocycles. The number of Topliss-reactive ketones (excluding diaryl/α,β-unsaturated/α-hetero) is 1. The smallest absolute Gasteiger partial charge is 0.332 e. The Morgan fingerprint density at radius 1 is 0.931 bits per heavy atom. The second-order valence-corrected chi connectivity index (χ2v) is 6.93. The highest BCUT2D eigenvalue weighted by atomic mass is 16.5. The molecule has 0 saturated carbocycles. The molecule has 0 N–H and O–H groups in total. The summed E-state index contributed by atoms with van der Waals surface area (Å²) in [6.07, 6.45) is -0.0473. The lowest BCUT2D eigenvalue weighted by Crippen LogP contribution is -2.58. The molecule has 1 aliphatic rings. The molecule has 29 heavy (non-hydrogen) atoms. The van der Waals surface area contributed by atoms with Crippen molar-refractivity contribution in [3.05, 3.63) is 65.7 Å². The Bertz CT molecular complexity index is 915. The number of methoxy groups -OCH3 is 1. The molecule has 1 heterocycles. The number of ketones is 1. The van der Waals surface area contributed by atoms with Gasteiger partial charge >= 0.3 is 6.03 Å². The zero-order chi connectivity index (χ0) is 21.1. The van der Waals surface area contributed by atoms with Crippen LogP contribution in [0.5, 0.6) is 5.75 Å². The number of rotatable bonds is 6. The van der Waals surface area contributed by atoms with E-state index in [9.17, 15) is 19.2 Å². The Morgan fingerprint density at radius 2 is 1.48 bits per heavy atom. The maximum atomic E-state index is 12.9. The number of benzene rings is 2. The first-order chi connectivity index (χ1) is 13.8. The standard InChI is InChI=1S/C22H22N2O5/c1-23-20(26)19(21(27)24(2)22(23)28)17(14-9-11-16(29-3)12-10-14)13-18(25)15-7-5-4-6-8-15/h4-12,17,19H,13H2,1-3H3. The summed E-state index contributed by atoms with van der Waals surface area (Å²) in [7, 11) is 4.21. The first-order valence-electron chi connectivity index (χ1n) is 9.16. The van der Waals surface area contributed by atoms with E-state index in [-0.39, 0.29) is 12.2 Å². The van der Waals surface area contributed by atoms with Crippen molar-refractivity contribution in [2.24, 2.45) is 5.92 Å². The van der Waals surface area contributed by atoms with Gasteiger partial charge in [-0.1, -0.05) is 42.5 Å². The molecule has 1 aliphatic heterocycles. The van der Waals surface area contributed by atoms with Crippen LogP contribution in [0.1, 0.15) is 28.3 Å². The predicted molar refractivity (Wildman–Crippen MR) is 106 cm³/mol. The molecule has 2 aromatic carbocycles. The Kier molecular flexibility index (Phi) is 5.77. The van der Waals surface area contributed by atoms with Crippen molar-refractivity contribution in [1.82, 2.24) is 9.80 Å². The summed E-state index contributed by atoms with van der Waals surface area (Å²) in [4.78, 5) is 52.6. The number of hydrogen-bond acceptors (Lipinski definition) is 5. The van der Waals surface area contributed by atoms with Gasteiger partial charge in [0, 0.05) is 32.0 Å².